The van der Waals surface area contributed by atoms with E-state index < -0.39 is 39.0 Å². The molecule has 0 unspecified atom stereocenters. The van der Waals surface area contributed by atoms with E-state index in [4.69, 9.17) is 11.3 Å². The van der Waals surface area contributed by atoms with Gasteiger partial charge in [0.15, 0.2) is 11.6 Å². The Balaban J connectivity index is 1.93. The smallest absolute Gasteiger partial charge is 0.229 e. The lowest BCUT2D eigenvalue weighted by Crippen LogP contribution is -2.28. The average Bonchev–Trinajstić information content (AvgIpc) is 2.73. The molecule has 0 aliphatic carbocycles. The number of hydrazine groups is 1. The van der Waals surface area contributed by atoms with E-state index in [0.29, 0.717) is 0 Å². The first-order valence-corrected chi connectivity index (χ1v) is 10.6. The highest BCUT2D eigenvalue weighted by atomic mass is 32.2. The maximum atomic E-state index is 14.3. The normalized spacial score (nSPS) is 11.0. The molecule has 0 saturated carbocycles. The average molecular weight is 466 g/mol. The zero-order valence-corrected chi connectivity index (χ0v) is 17.2. The first-order valence-electron chi connectivity index (χ1n) is 8.74. The highest BCUT2D eigenvalue weighted by molar-refractivity contribution is 7.92. The van der Waals surface area contributed by atoms with Crippen molar-refractivity contribution >= 4 is 50.9 Å². The molecule has 168 valence electrons. The maximum absolute atomic E-state index is 14.3. The van der Waals surface area contributed by atoms with Gasteiger partial charge in [0.25, 0.3) is 0 Å². The standard InChI is InChI=1S/C18H17F3N8O2S/c1-32(30,31)28-16-12(20)3-2-4-14(16)25-17-13(21)8-24-18(27-17)26-15-7-10(29(23)9-22)5-6-11(15)19/h2-9,22,28H,23H2,1H3,(H2,24,25,26,27). The summed E-state index contributed by atoms with van der Waals surface area (Å²) in [5, 5.41) is 13.1. The van der Waals surface area contributed by atoms with Crippen LogP contribution in [0.1, 0.15) is 0 Å². The third kappa shape index (κ3) is 5.41. The molecule has 0 aliphatic rings. The van der Waals surface area contributed by atoms with Crippen molar-refractivity contribution in [3.63, 3.8) is 0 Å². The van der Waals surface area contributed by atoms with Gasteiger partial charge in [-0.15, -0.1) is 0 Å². The molecule has 0 radical (unpaired) electrons. The van der Waals surface area contributed by atoms with Crippen molar-refractivity contribution in [2.75, 3.05) is 26.6 Å². The quantitative estimate of drug-likeness (QED) is 0.147. The van der Waals surface area contributed by atoms with E-state index in [1.165, 1.54) is 24.3 Å². The second-order valence-corrected chi connectivity index (χ2v) is 8.13. The van der Waals surface area contributed by atoms with Gasteiger partial charge in [-0.2, -0.15) is 4.98 Å². The van der Waals surface area contributed by atoms with Gasteiger partial charge in [-0.3, -0.25) is 15.1 Å². The SMILES string of the molecule is CS(=O)(=O)Nc1c(F)cccc1Nc1nc(Nc2cc(N(N)C=N)ccc2F)ncc1F. The summed E-state index contributed by atoms with van der Waals surface area (Å²) in [5.41, 5.74) is -0.379. The number of hydrogen-bond acceptors (Lipinski definition) is 8. The highest BCUT2D eigenvalue weighted by Crippen LogP contribution is 2.30. The first kappa shape index (κ1) is 22.8. The predicted molar refractivity (Wildman–Crippen MR) is 115 cm³/mol. The molecule has 10 nitrogen and oxygen atoms in total. The van der Waals surface area contributed by atoms with Gasteiger partial charge >= 0.3 is 0 Å². The van der Waals surface area contributed by atoms with Gasteiger partial charge in [0, 0.05) is 0 Å². The van der Waals surface area contributed by atoms with E-state index in [1.807, 2.05) is 4.72 Å². The van der Waals surface area contributed by atoms with Crippen molar-refractivity contribution in [1.29, 1.82) is 5.41 Å². The van der Waals surface area contributed by atoms with Gasteiger partial charge in [0.05, 0.1) is 29.5 Å². The molecule has 0 fully saturated rings. The predicted octanol–water partition coefficient (Wildman–Crippen LogP) is 3.04. The fourth-order valence-corrected chi connectivity index (χ4v) is 3.10. The number of hydrogen-bond donors (Lipinski definition) is 5. The summed E-state index contributed by atoms with van der Waals surface area (Å²) < 4.78 is 67.7. The van der Waals surface area contributed by atoms with Crippen LogP contribution in [0.2, 0.25) is 0 Å². The van der Waals surface area contributed by atoms with Crippen LogP contribution < -0.4 is 26.2 Å². The molecule has 0 saturated heterocycles. The van der Waals surface area contributed by atoms with E-state index in [1.54, 1.807) is 0 Å². The zero-order chi connectivity index (χ0) is 23.5. The number of aromatic nitrogens is 2. The molecule has 1 heterocycles. The van der Waals surface area contributed by atoms with Crippen molar-refractivity contribution in [1.82, 2.24) is 9.97 Å². The van der Waals surface area contributed by atoms with Crippen LogP contribution in [0.25, 0.3) is 0 Å². The Kier molecular flexibility index (Phi) is 6.45. The molecule has 6 N–H and O–H groups in total. The Morgan fingerprint density at radius 3 is 2.50 bits per heavy atom. The third-order valence-corrected chi connectivity index (χ3v) is 4.51. The molecule has 0 spiro atoms. The van der Waals surface area contributed by atoms with Crippen LogP contribution in [0.3, 0.4) is 0 Å². The van der Waals surface area contributed by atoms with E-state index >= 15 is 0 Å². The topological polar surface area (TPSA) is 149 Å². The minimum absolute atomic E-state index is 0.109. The van der Waals surface area contributed by atoms with E-state index in [9.17, 15) is 21.6 Å². The third-order valence-electron chi connectivity index (χ3n) is 3.93. The molecule has 32 heavy (non-hydrogen) atoms. The fraction of sp³-hybridized carbons (Fsp3) is 0.0556. The number of benzene rings is 2. The molecule has 3 rings (SSSR count). The monoisotopic (exact) mass is 466 g/mol. The molecule has 14 heteroatoms. The lowest BCUT2D eigenvalue weighted by atomic mass is 10.2. The Morgan fingerprint density at radius 2 is 1.81 bits per heavy atom. The van der Waals surface area contributed by atoms with Gasteiger partial charge in [-0.25, -0.2) is 32.4 Å². The fourth-order valence-electron chi connectivity index (χ4n) is 2.52. The van der Waals surface area contributed by atoms with E-state index in [0.717, 1.165) is 35.9 Å². The Morgan fingerprint density at radius 1 is 1.06 bits per heavy atom. The van der Waals surface area contributed by atoms with Crippen LogP contribution in [-0.2, 0) is 10.0 Å². The number of nitrogens with zero attached hydrogens (tertiary/aromatic N) is 3. The summed E-state index contributed by atoms with van der Waals surface area (Å²) in [6.45, 7) is 0. The van der Waals surface area contributed by atoms with Crippen LogP contribution >= 0.6 is 0 Å². The molecule has 0 atom stereocenters. The van der Waals surface area contributed by atoms with Gasteiger partial charge in [-0.05, 0) is 30.3 Å². The number of halogens is 3. The van der Waals surface area contributed by atoms with E-state index in [-0.39, 0.29) is 23.0 Å². The van der Waals surface area contributed by atoms with Crippen molar-refractivity contribution in [2.24, 2.45) is 5.84 Å². The zero-order valence-electron chi connectivity index (χ0n) is 16.4. The van der Waals surface area contributed by atoms with Gasteiger partial charge < -0.3 is 10.6 Å². The summed E-state index contributed by atoms with van der Waals surface area (Å²) in [5.74, 6) is 2.39. The van der Waals surface area contributed by atoms with Gasteiger partial charge in [0.1, 0.15) is 23.7 Å². The summed E-state index contributed by atoms with van der Waals surface area (Å²) in [7, 11) is -3.83. The molecule has 3 aromatic rings. The summed E-state index contributed by atoms with van der Waals surface area (Å²) in [4.78, 5) is 7.63. The molecule has 1 aromatic heterocycles. The Bertz CT molecular complexity index is 1270. The van der Waals surface area contributed by atoms with Gasteiger partial charge in [-0.1, -0.05) is 6.07 Å². The largest absolute Gasteiger partial charge is 0.336 e. The van der Waals surface area contributed by atoms with Crippen LogP contribution in [0.15, 0.2) is 42.6 Å². The van der Waals surface area contributed by atoms with Crippen LogP contribution in [0.4, 0.5) is 47.7 Å². The van der Waals surface area contributed by atoms with Crippen molar-refractivity contribution in [3.05, 3.63) is 60.0 Å². The van der Waals surface area contributed by atoms with Crippen molar-refractivity contribution in [3.8, 4) is 0 Å². The summed E-state index contributed by atoms with van der Waals surface area (Å²) in [6, 6.07) is 7.32. The molecule has 0 bridgehead atoms. The van der Waals surface area contributed by atoms with Crippen LogP contribution in [0.5, 0.6) is 0 Å². The van der Waals surface area contributed by atoms with Crippen LogP contribution in [-0.4, -0.2) is 31.0 Å². The number of anilines is 6. The second kappa shape index (κ2) is 9.07. The second-order valence-electron chi connectivity index (χ2n) is 6.38. The first-order chi connectivity index (χ1) is 15.1. The molecular formula is C18H17F3N8O2S. The summed E-state index contributed by atoms with van der Waals surface area (Å²) >= 11 is 0. The number of nitrogens with two attached hydrogens (primary N) is 1. The Hall–Kier alpha value is -3.91. The number of para-hydroxylation sites is 1. The number of sulfonamides is 1. The van der Waals surface area contributed by atoms with Crippen LogP contribution in [0, 0.1) is 22.9 Å². The molecule has 0 amide bonds. The lowest BCUT2D eigenvalue weighted by molar-refractivity contribution is 0.604. The lowest BCUT2D eigenvalue weighted by Gasteiger charge is -2.15. The number of rotatable bonds is 8. The van der Waals surface area contributed by atoms with Crippen molar-refractivity contribution < 1.29 is 21.6 Å². The molecule has 0 aliphatic heterocycles. The number of nitrogens with one attached hydrogen (secondary N) is 4. The minimum Gasteiger partial charge on any atom is -0.336 e. The minimum atomic E-state index is -3.83. The summed E-state index contributed by atoms with van der Waals surface area (Å²) in [6.07, 6.45) is 2.43. The maximum Gasteiger partial charge on any atom is 0.229 e. The van der Waals surface area contributed by atoms with E-state index in [2.05, 4.69) is 20.6 Å². The highest BCUT2D eigenvalue weighted by Gasteiger charge is 2.16. The Labute approximate surface area is 180 Å². The van der Waals surface area contributed by atoms with Gasteiger partial charge in [0.2, 0.25) is 16.0 Å². The van der Waals surface area contributed by atoms with Crippen molar-refractivity contribution in [2.45, 2.75) is 0 Å². The molecular weight excluding hydrogens is 449 g/mol. The molecule has 2 aromatic carbocycles.